The van der Waals surface area contributed by atoms with E-state index in [1.807, 2.05) is 19.1 Å². The maximum Gasteiger partial charge on any atom is 0.433 e. The summed E-state index contributed by atoms with van der Waals surface area (Å²) in [6.07, 6.45) is -2.46. The molecule has 0 bridgehead atoms. The topological polar surface area (TPSA) is 80.9 Å². The van der Waals surface area contributed by atoms with Crippen molar-refractivity contribution in [1.82, 2.24) is 20.3 Å². The summed E-state index contributed by atoms with van der Waals surface area (Å²) in [5, 5.41) is 2.54. The third kappa shape index (κ3) is 4.13. The van der Waals surface area contributed by atoms with Gasteiger partial charge in [0, 0.05) is 11.8 Å². The highest BCUT2D eigenvalue weighted by Gasteiger charge is 2.33. The van der Waals surface area contributed by atoms with Gasteiger partial charge in [-0.2, -0.15) is 13.2 Å². The van der Waals surface area contributed by atoms with Crippen LogP contribution < -0.4 is 5.32 Å². The smallest absolute Gasteiger partial charge is 0.433 e. The van der Waals surface area contributed by atoms with E-state index in [2.05, 4.69) is 20.3 Å². The lowest BCUT2D eigenvalue weighted by Crippen LogP contribution is -2.29. The fourth-order valence-electron chi connectivity index (χ4n) is 2.39. The van der Waals surface area contributed by atoms with E-state index in [4.69, 9.17) is 4.42 Å². The number of aromatic nitrogens is 3. The first-order valence-corrected chi connectivity index (χ1v) is 7.97. The summed E-state index contributed by atoms with van der Waals surface area (Å²) in [4.78, 5) is 23.7. The molecule has 6 nitrogen and oxygen atoms in total. The molecule has 1 unspecified atom stereocenters. The van der Waals surface area contributed by atoms with Gasteiger partial charge < -0.3 is 9.73 Å². The van der Waals surface area contributed by atoms with E-state index < -0.39 is 23.8 Å². The number of hydrogen-bond donors (Lipinski definition) is 1. The molecule has 1 atom stereocenters. The van der Waals surface area contributed by atoms with Crippen molar-refractivity contribution >= 4 is 5.91 Å². The molecule has 0 aliphatic heterocycles. The largest absolute Gasteiger partial charge is 0.443 e. The van der Waals surface area contributed by atoms with Gasteiger partial charge in [-0.25, -0.2) is 15.0 Å². The van der Waals surface area contributed by atoms with Crippen molar-refractivity contribution in [2.75, 3.05) is 0 Å². The Morgan fingerprint density at radius 1 is 1.15 bits per heavy atom. The number of carbonyl (C=O) groups is 1. The zero-order chi connectivity index (χ0) is 19.6. The monoisotopic (exact) mass is 376 g/mol. The van der Waals surface area contributed by atoms with Crippen molar-refractivity contribution in [2.24, 2.45) is 0 Å². The fraction of sp³-hybridized carbons (Fsp3) is 0.222. The number of alkyl halides is 3. The molecule has 1 N–H and O–H groups in total. The Morgan fingerprint density at radius 2 is 1.85 bits per heavy atom. The zero-order valence-electron chi connectivity index (χ0n) is 14.4. The lowest BCUT2D eigenvalue weighted by Gasteiger charge is -2.13. The fourth-order valence-corrected chi connectivity index (χ4v) is 2.39. The van der Waals surface area contributed by atoms with Gasteiger partial charge in [0.15, 0.2) is 23.7 Å². The lowest BCUT2D eigenvalue weighted by atomic mass is 10.1. The Labute approximate surface area is 152 Å². The number of benzene rings is 1. The van der Waals surface area contributed by atoms with Crippen LogP contribution in [0.2, 0.25) is 0 Å². The average Bonchev–Trinajstić information content (AvgIpc) is 3.11. The molecule has 1 amide bonds. The highest BCUT2D eigenvalue weighted by molar-refractivity contribution is 5.97. The van der Waals surface area contributed by atoms with E-state index in [9.17, 15) is 18.0 Å². The molecule has 27 heavy (non-hydrogen) atoms. The van der Waals surface area contributed by atoms with Crippen LogP contribution in [0.15, 0.2) is 47.3 Å². The molecular formula is C18H15F3N4O2. The normalized spacial score (nSPS) is 12.6. The second kappa shape index (κ2) is 7.18. The van der Waals surface area contributed by atoms with Crippen molar-refractivity contribution < 1.29 is 22.4 Å². The quantitative estimate of drug-likeness (QED) is 0.746. The van der Waals surface area contributed by atoms with Gasteiger partial charge in [0.25, 0.3) is 5.91 Å². The van der Waals surface area contributed by atoms with Crippen molar-refractivity contribution in [1.29, 1.82) is 0 Å². The van der Waals surface area contributed by atoms with Gasteiger partial charge in [-0.1, -0.05) is 29.8 Å². The minimum atomic E-state index is -4.59. The summed E-state index contributed by atoms with van der Waals surface area (Å²) in [7, 11) is 0. The number of rotatable bonds is 4. The van der Waals surface area contributed by atoms with Crippen molar-refractivity contribution in [3.8, 4) is 11.3 Å². The molecule has 2 heterocycles. The number of nitrogens with zero attached hydrogens (tertiary/aromatic N) is 3. The minimum Gasteiger partial charge on any atom is -0.443 e. The standard InChI is InChI=1S/C18H15F3N4O2/c1-10-3-5-12(6-4-10)15-14(23-9-27-15)17(26)24-11(2)16-22-8-7-13(25-16)18(19,20)21/h3-9,11H,1-2H3,(H,24,26). The van der Waals surface area contributed by atoms with E-state index >= 15 is 0 Å². The van der Waals surface area contributed by atoms with Gasteiger partial charge in [0.1, 0.15) is 5.69 Å². The minimum absolute atomic E-state index is 0.0256. The van der Waals surface area contributed by atoms with E-state index in [0.29, 0.717) is 5.56 Å². The molecule has 0 saturated heterocycles. The molecule has 140 valence electrons. The summed E-state index contributed by atoms with van der Waals surface area (Å²) in [6.45, 7) is 3.41. The molecule has 2 aromatic heterocycles. The SMILES string of the molecule is Cc1ccc(-c2ocnc2C(=O)NC(C)c2nccc(C(F)(F)F)n2)cc1. The lowest BCUT2D eigenvalue weighted by molar-refractivity contribution is -0.141. The molecule has 0 spiro atoms. The second-order valence-electron chi connectivity index (χ2n) is 5.89. The molecule has 9 heteroatoms. The Balaban J connectivity index is 1.80. The number of carbonyl (C=O) groups excluding carboxylic acids is 1. The van der Waals surface area contributed by atoms with Crippen LogP contribution in [0.1, 0.15) is 40.5 Å². The first-order chi connectivity index (χ1) is 12.8. The highest BCUT2D eigenvalue weighted by atomic mass is 19.4. The van der Waals surface area contributed by atoms with Gasteiger partial charge in [-0.15, -0.1) is 0 Å². The Morgan fingerprint density at radius 3 is 2.52 bits per heavy atom. The van der Waals surface area contributed by atoms with E-state index in [-0.39, 0.29) is 17.3 Å². The van der Waals surface area contributed by atoms with Gasteiger partial charge in [-0.3, -0.25) is 4.79 Å². The zero-order valence-corrected chi connectivity index (χ0v) is 14.4. The van der Waals surface area contributed by atoms with Gasteiger partial charge in [0.2, 0.25) is 0 Å². The van der Waals surface area contributed by atoms with Gasteiger partial charge >= 0.3 is 6.18 Å². The van der Waals surface area contributed by atoms with Gasteiger partial charge in [-0.05, 0) is 19.9 Å². The molecule has 3 rings (SSSR count). The summed E-state index contributed by atoms with van der Waals surface area (Å²) in [5.41, 5.74) is 0.652. The molecule has 1 aromatic carbocycles. The predicted molar refractivity (Wildman–Crippen MR) is 89.6 cm³/mol. The summed E-state index contributed by atoms with van der Waals surface area (Å²) >= 11 is 0. The molecule has 0 saturated carbocycles. The number of nitrogens with one attached hydrogen (secondary N) is 1. The summed E-state index contributed by atoms with van der Waals surface area (Å²) in [6, 6.07) is 7.20. The van der Waals surface area contributed by atoms with Crippen molar-refractivity contribution in [3.05, 3.63) is 65.7 Å². The maximum atomic E-state index is 12.8. The van der Waals surface area contributed by atoms with E-state index in [0.717, 1.165) is 24.2 Å². The summed E-state index contributed by atoms with van der Waals surface area (Å²) < 4.78 is 43.7. The highest BCUT2D eigenvalue weighted by Crippen LogP contribution is 2.28. The van der Waals surface area contributed by atoms with Crippen LogP contribution in [0, 0.1) is 6.92 Å². The number of amides is 1. The van der Waals surface area contributed by atoms with Crippen LogP contribution in [-0.4, -0.2) is 20.9 Å². The maximum absolute atomic E-state index is 12.8. The van der Waals surface area contributed by atoms with Crippen LogP contribution >= 0.6 is 0 Å². The van der Waals surface area contributed by atoms with Crippen LogP contribution in [-0.2, 0) is 6.18 Å². The van der Waals surface area contributed by atoms with Crippen LogP contribution in [0.5, 0.6) is 0 Å². The van der Waals surface area contributed by atoms with E-state index in [1.165, 1.54) is 6.92 Å². The first-order valence-electron chi connectivity index (χ1n) is 7.97. The number of hydrogen-bond acceptors (Lipinski definition) is 5. The Bertz CT molecular complexity index is 952. The molecule has 0 aliphatic carbocycles. The Hall–Kier alpha value is -3.23. The third-order valence-corrected chi connectivity index (χ3v) is 3.80. The van der Waals surface area contributed by atoms with Crippen LogP contribution in [0.4, 0.5) is 13.2 Å². The van der Waals surface area contributed by atoms with Crippen LogP contribution in [0.3, 0.4) is 0 Å². The average molecular weight is 376 g/mol. The number of oxazole rings is 1. The molecule has 0 fully saturated rings. The van der Waals surface area contributed by atoms with Gasteiger partial charge in [0.05, 0.1) is 6.04 Å². The molecule has 3 aromatic rings. The van der Waals surface area contributed by atoms with Crippen molar-refractivity contribution in [3.63, 3.8) is 0 Å². The molecule has 0 radical (unpaired) electrons. The second-order valence-corrected chi connectivity index (χ2v) is 5.89. The number of halogens is 3. The third-order valence-electron chi connectivity index (χ3n) is 3.80. The number of aryl methyl sites for hydroxylation is 1. The van der Waals surface area contributed by atoms with Crippen LogP contribution in [0.25, 0.3) is 11.3 Å². The van der Waals surface area contributed by atoms with E-state index in [1.54, 1.807) is 12.1 Å². The predicted octanol–water partition coefficient (Wildman–Crippen LogP) is 3.95. The first kappa shape index (κ1) is 18.6. The molecule has 0 aliphatic rings. The summed E-state index contributed by atoms with van der Waals surface area (Å²) in [5.74, 6) is -0.490. The Kier molecular flexibility index (Phi) is 4.93. The molecular weight excluding hydrogens is 361 g/mol. The van der Waals surface area contributed by atoms with Crippen molar-refractivity contribution in [2.45, 2.75) is 26.1 Å².